The van der Waals surface area contributed by atoms with Gasteiger partial charge in [0.25, 0.3) is 10.0 Å². The molecule has 0 bridgehead atoms. The molecular weight excluding hydrogens is 366 g/mol. The van der Waals surface area contributed by atoms with Crippen molar-refractivity contribution in [2.75, 3.05) is 7.11 Å². The van der Waals surface area contributed by atoms with Gasteiger partial charge in [0.05, 0.1) is 12.0 Å². The standard InChI is InChI=1S/C20H21NO5S/c1-4-5-6-19(16-9-11-17(25-3)12-10-16)26-20(22)21-27(23,24)18-13-7-15(2)8-14-18/h5,7-14,19H,1,6H2,2-3H3,(H,21,22). The van der Waals surface area contributed by atoms with Gasteiger partial charge in [0.1, 0.15) is 11.9 Å². The van der Waals surface area contributed by atoms with Crippen LogP contribution in [-0.4, -0.2) is 21.6 Å². The molecule has 0 saturated heterocycles. The van der Waals surface area contributed by atoms with Crippen molar-refractivity contribution in [2.45, 2.75) is 24.3 Å². The molecule has 0 saturated carbocycles. The van der Waals surface area contributed by atoms with Crippen LogP contribution in [-0.2, 0) is 14.8 Å². The Labute approximate surface area is 159 Å². The van der Waals surface area contributed by atoms with Gasteiger partial charge in [0.15, 0.2) is 0 Å². The molecular formula is C20H21NO5S. The first-order valence-electron chi connectivity index (χ1n) is 8.14. The van der Waals surface area contributed by atoms with Gasteiger partial charge >= 0.3 is 6.09 Å². The van der Waals surface area contributed by atoms with E-state index in [9.17, 15) is 13.2 Å². The largest absolute Gasteiger partial charge is 0.497 e. The molecule has 0 spiro atoms. The van der Waals surface area contributed by atoms with Gasteiger partial charge in [-0.25, -0.2) is 17.9 Å². The number of benzene rings is 2. The van der Waals surface area contributed by atoms with E-state index in [1.807, 2.05) is 11.6 Å². The van der Waals surface area contributed by atoms with Gasteiger partial charge in [-0.15, -0.1) is 5.73 Å². The molecule has 1 unspecified atom stereocenters. The molecule has 0 aliphatic carbocycles. The summed E-state index contributed by atoms with van der Waals surface area (Å²) in [5.74, 6) is 0.656. The molecule has 0 fully saturated rings. The Balaban J connectivity index is 2.14. The molecule has 2 aromatic rings. The molecule has 0 aliphatic heterocycles. The minimum atomic E-state index is -4.02. The predicted octanol–water partition coefficient (Wildman–Crippen LogP) is 3.89. The topological polar surface area (TPSA) is 81.7 Å². The normalized spacial score (nSPS) is 11.8. The van der Waals surface area contributed by atoms with E-state index >= 15 is 0 Å². The van der Waals surface area contributed by atoms with E-state index < -0.39 is 22.2 Å². The van der Waals surface area contributed by atoms with Crippen molar-refractivity contribution in [1.82, 2.24) is 4.72 Å². The third-order valence-corrected chi connectivity index (χ3v) is 5.09. The molecule has 0 aromatic heterocycles. The van der Waals surface area contributed by atoms with Crippen molar-refractivity contribution in [2.24, 2.45) is 0 Å². The Morgan fingerprint density at radius 1 is 1.19 bits per heavy atom. The summed E-state index contributed by atoms with van der Waals surface area (Å²) in [5.41, 5.74) is 4.21. The third kappa shape index (κ3) is 5.74. The fourth-order valence-corrected chi connectivity index (χ4v) is 3.18. The molecule has 0 heterocycles. The highest BCUT2D eigenvalue weighted by Gasteiger charge is 2.22. The van der Waals surface area contributed by atoms with Crippen LogP contribution in [0.1, 0.15) is 23.7 Å². The molecule has 2 aromatic carbocycles. The maximum atomic E-state index is 12.3. The van der Waals surface area contributed by atoms with E-state index in [-0.39, 0.29) is 4.90 Å². The molecule has 1 amide bonds. The lowest BCUT2D eigenvalue weighted by Gasteiger charge is -2.17. The summed E-state index contributed by atoms with van der Waals surface area (Å²) in [4.78, 5) is 12.2. The van der Waals surface area contributed by atoms with Crippen molar-refractivity contribution in [3.05, 3.63) is 78.0 Å². The van der Waals surface area contributed by atoms with Gasteiger partial charge in [-0.3, -0.25) is 0 Å². The monoisotopic (exact) mass is 387 g/mol. The van der Waals surface area contributed by atoms with E-state index in [2.05, 4.69) is 12.3 Å². The Hall–Kier alpha value is -3.02. The lowest BCUT2D eigenvalue weighted by Crippen LogP contribution is -2.32. The number of ether oxygens (including phenoxy) is 2. The molecule has 1 N–H and O–H groups in total. The zero-order chi connectivity index (χ0) is 19.9. The van der Waals surface area contributed by atoms with Crippen LogP contribution in [0.15, 0.2) is 71.8 Å². The van der Waals surface area contributed by atoms with Crippen molar-refractivity contribution in [3.8, 4) is 5.75 Å². The zero-order valence-electron chi connectivity index (χ0n) is 15.1. The van der Waals surface area contributed by atoms with Crippen LogP contribution < -0.4 is 9.46 Å². The quantitative estimate of drug-likeness (QED) is 0.729. The number of hydrogen-bond acceptors (Lipinski definition) is 5. The summed E-state index contributed by atoms with van der Waals surface area (Å²) < 4.78 is 37.0. The fourth-order valence-electron chi connectivity index (χ4n) is 2.30. The van der Waals surface area contributed by atoms with Crippen molar-refractivity contribution < 1.29 is 22.7 Å². The molecule has 2 rings (SSSR count). The number of carbonyl (C=O) groups excluding carboxylic acids is 1. The summed E-state index contributed by atoms with van der Waals surface area (Å²) in [5, 5.41) is 0. The van der Waals surface area contributed by atoms with Crippen molar-refractivity contribution in [1.29, 1.82) is 0 Å². The van der Waals surface area contributed by atoms with Crippen LogP contribution in [0, 0.1) is 6.92 Å². The number of nitrogens with one attached hydrogen (secondary N) is 1. The first-order valence-corrected chi connectivity index (χ1v) is 9.62. The van der Waals surface area contributed by atoms with Crippen LogP contribution >= 0.6 is 0 Å². The minimum absolute atomic E-state index is 0.0166. The van der Waals surface area contributed by atoms with Gasteiger partial charge in [0.2, 0.25) is 0 Å². The summed E-state index contributed by atoms with van der Waals surface area (Å²) in [6, 6.07) is 13.1. The van der Waals surface area contributed by atoms with Gasteiger partial charge < -0.3 is 9.47 Å². The average molecular weight is 387 g/mol. The second-order valence-electron chi connectivity index (χ2n) is 5.73. The molecule has 7 heteroatoms. The number of rotatable bonds is 7. The summed E-state index contributed by atoms with van der Waals surface area (Å²) >= 11 is 0. The number of hydrogen-bond donors (Lipinski definition) is 1. The van der Waals surface area contributed by atoms with E-state index in [0.29, 0.717) is 17.7 Å². The predicted molar refractivity (Wildman–Crippen MR) is 102 cm³/mol. The smallest absolute Gasteiger partial charge is 0.421 e. The van der Waals surface area contributed by atoms with Crippen LogP contribution in [0.5, 0.6) is 5.75 Å². The van der Waals surface area contributed by atoms with E-state index in [0.717, 1.165) is 5.56 Å². The Kier molecular flexibility index (Phi) is 6.82. The highest BCUT2D eigenvalue weighted by atomic mass is 32.2. The van der Waals surface area contributed by atoms with Gasteiger partial charge in [-0.1, -0.05) is 36.4 Å². The van der Waals surface area contributed by atoms with Crippen LogP contribution in [0.3, 0.4) is 0 Å². The number of amides is 1. The lowest BCUT2D eigenvalue weighted by molar-refractivity contribution is 0.104. The van der Waals surface area contributed by atoms with Crippen LogP contribution in [0.25, 0.3) is 0 Å². The highest BCUT2D eigenvalue weighted by Crippen LogP contribution is 2.24. The molecule has 6 nitrogen and oxygen atoms in total. The van der Waals surface area contributed by atoms with Crippen molar-refractivity contribution in [3.63, 3.8) is 0 Å². The van der Waals surface area contributed by atoms with Crippen molar-refractivity contribution >= 4 is 16.1 Å². The number of carbonyl (C=O) groups is 1. The van der Waals surface area contributed by atoms with Gasteiger partial charge in [0, 0.05) is 6.42 Å². The van der Waals surface area contributed by atoms with E-state index in [1.54, 1.807) is 49.6 Å². The van der Waals surface area contributed by atoms with E-state index in [1.165, 1.54) is 12.1 Å². The van der Waals surface area contributed by atoms with Crippen LogP contribution in [0.4, 0.5) is 4.79 Å². The molecule has 142 valence electrons. The Morgan fingerprint density at radius 2 is 1.81 bits per heavy atom. The number of methoxy groups -OCH3 is 1. The molecule has 0 radical (unpaired) electrons. The minimum Gasteiger partial charge on any atom is -0.497 e. The number of sulfonamides is 1. The Bertz CT molecular complexity index is 927. The number of aryl methyl sites for hydroxylation is 1. The van der Waals surface area contributed by atoms with E-state index in [4.69, 9.17) is 9.47 Å². The van der Waals surface area contributed by atoms with Crippen LogP contribution in [0.2, 0.25) is 0 Å². The van der Waals surface area contributed by atoms with Gasteiger partial charge in [-0.05, 0) is 42.8 Å². The second kappa shape index (κ2) is 9.07. The van der Waals surface area contributed by atoms with Gasteiger partial charge in [-0.2, -0.15) is 0 Å². The SMILES string of the molecule is C=C=CCC(OC(=O)NS(=O)(=O)c1ccc(C)cc1)c1ccc(OC)cc1. The fraction of sp³-hybridized carbons (Fsp3) is 0.200. The molecule has 0 aliphatic rings. The molecule has 27 heavy (non-hydrogen) atoms. The summed E-state index contributed by atoms with van der Waals surface area (Å²) in [6.45, 7) is 5.32. The second-order valence-corrected chi connectivity index (χ2v) is 7.41. The Morgan fingerprint density at radius 3 is 2.37 bits per heavy atom. The highest BCUT2D eigenvalue weighted by molar-refractivity contribution is 7.90. The molecule has 1 atom stereocenters. The summed E-state index contributed by atoms with van der Waals surface area (Å²) in [7, 11) is -2.47. The average Bonchev–Trinajstić information content (AvgIpc) is 2.65. The maximum absolute atomic E-state index is 12.3. The first-order chi connectivity index (χ1) is 12.9. The first kappa shape index (κ1) is 20.3. The maximum Gasteiger partial charge on any atom is 0.421 e. The third-order valence-electron chi connectivity index (χ3n) is 3.76. The lowest BCUT2D eigenvalue weighted by atomic mass is 10.1. The zero-order valence-corrected chi connectivity index (χ0v) is 16.0. The summed E-state index contributed by atoms with van der Waals surface area (Å²) in [6.07, 6.45) is 0.150.